The summed E-state index contributed by atoms with van der Waals surface area (Å²) in [6.07, 6.45) is -0.869. The van der Waals surface area contributed by atoms with Gasteiger partial charge >= 0.3 is 6.18 Å². The van der Waals surface area contributed by atoms with Gasteiger partial charge in [0.15, 0.2) is 0 Å². The maximum absolute atomic E-state index is 12.8. The molecule has 0 spiro atoms. The van der Waals surface area contributed by atoms with E-state index in [1.54, 1.807) is 12.1 Å². The summed E-state index contributed by atoms with van der Waals surface area (Å²) in [7, 11) is 0. The molecule has 102 valence electrons. The molecule has 1 aromatic rings. The molecule has 0 saturated carbocycles. The largest absolute Gasteiger partial charge is 0.416 e. The molecular formula is C13H17ClF3N. The van der Waals surface area contributed by atoms with Crippen molar-refractivity contribution in [3.63, 3.8) is 0 Å². The molecule has 0 atom stereocenters. The monoisotopic (exact) mass is 279 g/mol. The highest BCUT2D eigenvalue weighted by atomic mass is 35.5. The Morgan fingerprint density at radius 3 is 2.22 bits per heavy atom. The van der Waals surface area contributed by atoms with Gasteiger partial charge in [-0.15, -0.1) is 12.4 Å². The van der Waals surface area contributed by atoms with Gasteiger partial charge in [0, 0.05) is 6.54 Å². The number of benzene rings is 1. The molecule has 1 nitrogen and oxygen atoms in total. The second kappa shape index (κ2) is 6.43. The minimum absolute atomic E-state index is 0. The number of hydrogen-bond acceptors (Lipinski definition) is 1. The van der Waals surface area contributed by atoms with Crippen molar-refractivity contribution in [2.75, 3.05) is 13.1 Å². The van der Waals surface area contributed by atoms with Crippen molar-refractivity contribution >= 4 is 12.4 Å². The molecule has 18 heavy (non-hydrogen) atoms. The summed E-state index contributed by atoms with van der Waals surface area (Å²) in [6, 6.07) is 5.87. The van der Waals surface area contributed by atoms with Crippen LogP contribution < -0.4 is 0 Å². The number of alkyl halides is 3. The number of piperidine rings is 1. The Labute approximate surface area is 111 Å². The topological polar surface area (TPSA) is 3.24 Å². The first-order valence-electron chi connectivity index (χ1n) is 5.95. The summed E-state index contributed by atoms with van der Waals surface area (Å²) in [4.78, 5) is 2.11. The zero-order valence-corrected chi connectivity index (χ0v) is 10.9. The minimum atomic E-state index is -4.24. The Morgan fingerprint density at radius 2 is 1.61 bits per heavy atom. The predicted molar refractivity (Wildman–Crippen MR) is 67.8 cm³/mol. The first-order valence-corrected chi connectivity index (χ1v) is 5.95. The first-order chi connectivity index (χ1) is 8.07. The van der Waals surface area contributed by atoms with Crippen LogP contribution in [0.25, 0.3) is 0 Å². The molecule has 1 saturated heterocycles. The number of nitrogens with zero attached hydrogens (tertiary/aromatic N) is 1. The fourth-order valence-electron chi connectivity index (χ4n) is 2.29. The Balaban J connectivity index is 0.00000162. The molecule has 1 aliphatic rings. The lowest BCUT2D eigenvalue weighted by Crippen LogP contribution is -2.30. The van der Waals surface area contributed by atoms with Crippen LogP contribution in [0.1, 0.15) is 30.4 Å². The van der Waals surface area contributed by atoms with Gasteiger partial charge in [0.05, 0.1) is 5.56 Å². The van der Waals surface area contributed by atoms with E-state index >= 15 is 0 Å². The van der Waals surface area contributed by atoms with Gasteiger partial charge in [-0.3, -0.25) is 4.90 Å². The van der Waals surface area contributed by atoms with Crippen LogP contribution in [0.2, 0.25) is 0 Å². The first kappa shape index (κ1) is 15.3. The van der Waals surface area contributed by atoms with Crippen molar-refractivity contribution < 1.29 is 13.2 Å². The van der Waals surface area contributed by atoms with Crippen molar-refractivity contribution in [2.24, 2.45) is 0 Å². The van der Waals surface area contributed by atoms with Crippen LogP contribution in [0.4, 0.5) is 13.2 Å². The van der Waals surface area contributed by atoms with Crippen molar-refractivity contribution in [1.29, 1.82) is 0 Å². The average Bonchev–Trinajstić information content (AvgIpc) is 2.30. The SMILES string of the molecule is Cl.FC(F)(F)c1ccccc1CN1CCCCC1. The molecule has 1 fully saturated rings. The molecule has 0 aliphatic carbocycles. The normalized spacial score (nSPS) is 17.3. The van der Waals surface area contributed by atoms with Gasteiger partial charge in [-0.25, -0.2) is 0 Å². The van der Waals surface area contributed by atoms with Crippen molar-refractivity contribution in [3.8, 4) is 0 Å². The molecule has 2 rings (SSSR count). The molecule has 0 bridgehead atoms. The highest BCUT2D eigenvalue weighted by Gasteiger charge is 2.33. The minimum Gasteiger partial charge on any atom is -0.299 e. The molecule has 1 aliphatic heterocycles. The molecule has 0 amide bonds. The van der Waals surface area contributed by atoms with Gasteiger partial charge in [0.1, 0.15) is 0 Å². The van der Waals surface area contributed by atoms with E-state index in [1.165, 1.54) is 18.6 Å². The van der Waals surface area contributed by atoms with E-state index in [0.717, 1.165) is 25.9 Å². The van der Waals surface area contributed by atoms with Gasteiger partial charge < -0.3 is 0 Å². The van der Waals surface area contributed by atoms with Crippen LogP contribution in [-0.4, -0.2) is 18.0 Å². The van der Waals surface area contributed by atoms with E-state index in [1.807, 2.05) is 0 Å². The van der Waals surface area contributed by atoms with Crippen molar-refractivity contribution in [3.05, 3.63) is 35.4 Å². The fourth-order valence-corrected chi connectivity index (χ4v) is 2.29. The summed E-state index contributed by atoms with van der Waals surface area (Å²) >= 11 is 0. The number of likely N-dealkylation sites (tertiary alicyclic amines) is 1. The fraction of sp³-hybridized carbons (Fsp3) is 0.538. The molecule has 0 unspecified atom stereocenters. The van der Waals surface area contributed by atoms with E-state index in [2.05, 4.69) is 4.90 Å². The maximum atomic E-state index is 12.8. The zero-order valence-electron chi connectivity index (χ0n) is 10.0. The van der Waals surface area contributed by atoms with E-state index < -0.39 is 11.7 Å². The van der Waals surface area contributed by atoms with Crippen molar-refractivity contribution in [2.45, 2.75) is 32.0 Å². The highest BCUT2D eigenvalue weighted by molar-refractivity contribution is 5.85. The maximum Gasteiger partial charge on any atom is 0.416 e. The van der Waals surface area contributed by atoms with E-state index in [-0.39, 0.29) is 12.4 Å². The lowest BCUT2D eigenvalue weighted by Gasteiger charge is -2.27. The molecule has 1 heterocycles. The van der Waals surface area contributed by atoms with Gasteiger partial charge in [-0.1, -0.05) is 24.6 Å². The summed E-state index contributed by atoms with van der Waals surface area (Å²) in [5.74, 6) is 0. The third-order valence-electron chi connectivity index (χ3n) is 3.17. The number of hydrogen-bond donors (Lipinski definition) is 0. The second-order valence-corrected chi connectivity index (χ2v) is 4.49. The lowest BCUT2D eigenvalue weighted by atomic mass is 10.0. The quantitative estimate of drug-likeness (QED) is 0.787. The Bertz CT molecular complexity index is 373. The highest BCUT2D eigenvalue weighted by Crippen LogP contribution is 2.32. The van der Waals surface area contributed by atoms with Crippen LogP contribution in [-0.2, 0) is 12.7 Å². The lowest BCUT2D eigenvalue weighted by molar-refractivity contribution is -0.138. The Kier molecular flexibility index (Phi) is 5.47. The third-order valence-corrected chi connectivity index (χ3v) is 3.17. The Morgan fingerprint density at radius 1 is 1.00 bits per heavy atom. The molecule has 0 radical (unpaired) electrons. The van der Waals surface area contributed by atoms with E-state index in [9.17, 15) is 13.2 Å². The molecule has 0 aromatic heterocycles. The second-order valence-electron chi connectivity index (χ2n) is 4.49. The van der Waals surface area contributed by atoms with Gasteiger partial charge in [0.25, 0.3) is 0 Å². The number of rotatable bonds is 2. The standard InChI is InChI=1S/C13H16F3N.ClH/c14-13(15,16)12-7-3-2-6-11(12)10-17-8-4-1-5-9-17;/h2-3,6-7H,1,4-5,8-10H2;1H. The van der Waals surface area contributed by atoms with Gasteiger partial charge in [-0.2, -0.15) is 13.2 Å². The van der Waals surface area contributed by atoms with Crippen LogP contribution in [0, 0.1) is 0 Å². The summed E-state index contributed by atoms with van der Waals surface area (Å²) in [5.41, 5.74) is -0.104. The van der Waals surface area contributed by atoms with Crippen molar-refractivity contribution in [1.82, 2.24) is 4.90 Å². The Hall–Kier alpha value is -0.740. The predicted octanol–water partition coefficient (Wildman–Crippen LogP) is 4.11. The molecule has 5 heteroatoms. The summed E-state index contributed by atoms with van der Waals surface area (Å²) in [6.45, 7) is 2.23. The summed E-state index contributed by atoms with van der Waals surface area (Å²) in [5, 5.41) is 0. The van der Waals surface area contributed by atoms with Gasteiger partial charge in [-0.05, 0) is 37.6 Å². The van der Waals surface area contributed by atoms with Crippen LogP contribution in [0.15, 0.2) is 24.3 Å². The molecule has 1 aromatic carbocycles. The van der Waals surface area contributed by atoms with E-state index in [4.69, 9.17) is 0 Å². The smallest absolute Gasteiger partial charge is 0.299 e. The molecular weight excluding hydrogens is 263 g/mol. The molecule has 0 N–H and O–H groups in total. The third kappa shape index (κ3) is 3.89. The van der Waals surface area contributed by atoms with Crippen LogP contribution in [0.3, 0.4) is 0 Å². The average molecular weight is 280 g/mol. The van der Waals surface area contributed by atoms with E-state index in [0.29, 0.717) is 12.1 Å². The van der Waals surface area contributed by atoms with Gasteiger partial charge in [0.2, 0.25) is 0 Å². The zero-order chi connectivity index (χ0) is 12.3. The summed E-state index contributed by atoms with van der Waals surface area (Å²) < 4.78 is 38.4. The van der Waals surface area contributed by atoms with Crippen LogP contribution in [0.5, 0.6) is 0 Å². The van der Waals surface area contributed by atoms with Crippen LogP contribution >= 0.6 is 12.4 Å². The number of halogens is 4.